The molecule has 0 aliphatic carbocycles. The number of hydrogen-bond acceptors (Lipinski definition) is 6. The van der Waals surface area contributed by atoms with Crippen LogP contribution in [0.1, 0.15) is 52.9 Å². The van der Waals surface area contributed by atoms with Crippen molar-refractivity contribution in [3.8, 4) is 22.9 Å². The molecule has 6 heteroatoms. The third-order valence-corrected chi connectivity index (χ3v) is 4.61. The van der Waals surface area contributed by atoms with Crippen molar-refractivity contribution in [2.45, 2.75) is 52.9 Å². The van der Waals surface area contributed by atoms with Crippen LogP contribution in [0.25, 0.3) is 11.4 Å². The number of aromatic nitrogens is 2. The Morgan fingerprint density at radius 3 is 2.31 bits per heavy atom. The molecule has 1 aromatic carbocycles. The van der Waals surface area contributed by atoms with Crippen molar-refractivity contribution in [1.29, 1.82) is 0 Å². The van der Waals surface area contributed by atoms with Gasteiger partial charge in [0.05, 0.1) is 24.9 Å². The van der Waals surface area contributed by atoms with E-state index in [0.717, 1.165) is 25.0 Å². The highest BCUT2D eigenvalue weighted by molar-refractivity contribution is 5.74. The summed E-state index contributed by atoms with van der Waals surface area (Å²) in [7, 11) is 0. The van der Waals surface area contributed by atoms with Gasteiger partial charge in [0.15, 0.2) is 11.6 Å². The standard InChI is InChI=1S/C23H32N2O4/c1-4-6-7-8-13-27-14-15-28-21-16-24-22(25-17-21)19-9-11-20(12-10-19)29-23(26)18(3)5-2/h9-12,16-18H,4-8,13-15H2,1-3H3. The predicted molar refractivity (Wildman–Crippen MR) is 113 cm³/mol. The van der Waals surface area contributed by atoms with Crippen LogP contribution in [0.2, 0.25) is 0 Å². The van der Waals surface area contributed by atoms with Gasteiger partial charge in [-0.1, -0.05) is 40.0 Å². The summed E-state index contributed by atoms with van der Waals surface area (Å²) in [5.41, 5.74) is 0.843. The number of carbonyl (C=O) groups is 1. The molecular weight excluding hydrogens is 368 g/mol. The van der Waals surface area contributed by atoms with Gasteiger partial charge in [-0.05, 0) is 37.1 Å². The molecule has 0 fully saturated rings. The first kappa shape index (κ1) is 22.8. The van der Waals surface area contributed by atoms with Crippen molar-refractivity contribution in [3.63, 3.8) is 0 Å². The molecule has 0 bridgehead atoms. The van der Waals surface area contributed by atoms with Gasteiger partial charge >= 0.3 is 5.97 Å². The number of nitrogens with zero attached hydrogens (tertiary/aromatic N) is 2. The summed E-state index contributed by atoms with van der Waals surface area (Å²) in [6.45, 7) is 7.83. The summed E-state index contributed by atoms with van der Waals surface area (Å²) in [5, 5.41) is 0. The summed E-state index contributed by atoms with van der Waals surface area (Å²) in [4.78, 5) is 20.5. The van der Waals surface area contributed by atoms with Crippen molar-refractivity contribution >= 4 is 5.97 Å². The number of rotatable bonds is 13. The Labute approximate surface area is 173 Å². The fourth-order valence-corrected chi connectivity index (χ4v) is 2.55. The van der Waals surface area contributed by atoms with Gasteiger partial charge in [0.25, 0.3) is 0 Å². The molecule has 0 saturated carbocycles. The van der Waals surface area contributed by atoms with Gasteiger partial charge in [-0.15, -0.1) is 0 Å². The molecule has 0 aliphatic heterocycles. The highest BCUT2D eigenvalue weighted by Crippen LogP contribution is 2.21. The molecule has 0 N–H and O–H groups in total. The summed E-state index contributed by atoms with van der Waals surface area (Å²) in [5.74, 6) is 1.39. The third kappa shape index (κ3) is 8.20. The van der Waals surface area contributed by atoms with Crippen LogP contribution in [-0.4, -0.2) is 35.8 Å². The average molecular weight is 401 g/mol. The molecule has 1 unspecified atom stereocenters. The van der Waals surface area contributed by atoms with Gasteiger partial charge in [0, 0.05) is 12.2 Å². The van der Waals surface area contributed by atoms with Crippen LogP contribution in [-0.2, 0) is 9.53 Å². The molecule has 0 aliphatic rings. The normalized spacial score (nSPS) is 11.8. The molecule has 0 amide bonds. The fourth-order valence-electron chi connectivity index (χ4n) is 2.55. The fraction of sp³-hybridized carbons (Fsp3) is 0.522. The van der Waals surface area contributed by atoms with E-state index >= 15 is 0 Å². The van der Waals surface area contributed by atoms with E-state index in [4.69, 9.17) is 14.2 Å². The largest absolute Gasteiger partial charge is 0.488 e. The van der Waals surface area contributed by atoms with E-state index in [-0.39, 0.29) is 11.9 Å². The van der Waals surface area contributed by atoms with Gasteiger partial charge in [-0.3, -0.25) is 4.79 Å². The Morgan fingerprint density at radius 2 is 1.66 bits per heavy atom. The molecule has 2 rings (SSSR count). The van der Waals surface area contributed by atoms with E-state index in [1.54, 1.807) is 24.5 Å². The third-order valence-electron chi connectivity index (χ3n) is 4.61. The number of ether oxygens (including phenoxy) is 3. The maximum absolute atomic E-state index is 11.9. The predicted octanol–water partition coefficient (Wildman–Crippen LogP) is 5.07. The van der Waals surface area contributed by atoms with Gasteiger partial charge < -0.3 is 14.2 Å². The number of hydrogen-bond donors (Lipinski definition) is 0. The second-order valence-electron chi connectivity index (χ2n) is 7.02. The smallest absolute Gasteiger partial charge is 0.314 e. The Balaban J connectivity index is 1.76. The van der Waals surface area contributed by atoms with Gasteiger partial charge in [0.1, 0.15) is 12.4 Å². The second-order valence-corrected chi connectivity index (χ2v) is 7.02. The summed E-state index contributed by atoms with van der Waals surface area (Å²) >= 11 is 0. The van der Waals surface area contributed by atoms with Gasteiger partial charge in [-0.2, -0.15) is 0 Å². The first-order valence-corrected chi connectivity index (χ1v) is 10.5. The topological polar surface area (TPSA) is 70.5 Å². The zero-order chi connectivity index (χ0) is 20.9. The molecule has 1 atom stereocenters. The molecule has 158 valence electrons. The van der Waals surface area contributed by atoms with Crippen molar-refractivity contribution in [2.24, 2.45) is 5.92 Å². The van der Waals surface area contributed by atoms with Crippen LogP contribution in [0.4, 0.5) is 0 Å². The number of esters is 1. The molecule has 0 radical (unpaired) electrons. The molecule has 6 nitrogen and oxygen atoms in total. The summed E-state index contributed by atoms with van der Waals surface area (Å²) in [6.07, 6.45) is 8.87. The van der Waals surface area contributed by atoms with Crippen molar-refractivity contribution in [1.82, 2.24) is 9.97 Å². The average Bonchev–Trinajstić information content (AvgIpc) is 2.76. The van der Waals surface area contributed by atoms with Crippen LogP contribution in [0.5, 0.6) is 11.5 Å². The minimum Gasteiger partial charge on any atom is -0.488 e. The van der Waals surface area contributed by atoms with E-state index in [1.807, 2.05) is 26.0 Å². The van der Waals surface area contributed by atoms with E-state index in [0.29, 0.717) is 30.5 Å². The lowest BCUT2D eigenvalue weighted by atomic mass is 10.1. The Hall–Kier alpha value is -2.47. The lowest BCUT2D eigenvalue weighted by Crippen LogP contribution is -2.16. The molecule has 0 spiro atoms. The molecule has 0 saturated heterocycles. The Bertz CT molecular complexity index is 717. The second kappa shape index (κ2) is 12.9. The van der Waals surface area contributed by atoms with E-state index in [1.165, 1.54) is 19.3 Å². The number of carbonyl (C=O) groups excluding carboxylic acids is 1. The quantitative estimate of drug-likeness (QED) is 0.266. The van der Waals surface area contributed by atoms with Crippen molar-refractivity contribution in [2.75, 3.05) is 19.8 Å². The number of unbranched alkanes of at least 4 members (excludes halogenated alkanes) is 3. The van der Waals surface area contributed by atoms with Crippen LogP contribution < -0.4 is 9.47 Å². The summed E-state index contributed by atoms with van der Waals surface area (Å²) < 4.78 is 16.5. The lowest BCUT2D eigenvalue weighted by molar-refractivity contribution is -0.138. The van der Waals surface area contributed by atoms with E-state index < -0.39 is 0 Å². The maximum atomic E-state index is 11.9. The van der Waals surface area contributed by atoms with Crippen molar-refractivity contribution < 1.29 is 19.0 Å². The highest BCUT2D eigenvalue weighted by Gasteiger charge is 2.13. The Morgan fingerprint density at radius 1 is 0.931 bits per heavy atom. The van der Waals surface area contributed by atoms with E-state index in [2.05, 4.69) is 16.9 Å². The molecule has 29 heavy (non-hydrogen) atoms. The molecular formula is C23H32N2O4. The summed E-state index contributed by atoms with van der Waals surface area (Å²) in [6, 6.07) is 7.17. The zero-order valence-electron chi connectivity index (χ0n) is 17.7. The monoisotopic (exact) mass is 400 g/mol. The highest BCUT2D eigenvalue weighted by atomic mass is 16.5. The minimum atomic E-state index is -0.219. The van der Waals surface area contributed by atoms with E-state index in [9.17, 15) is 4.79 Å². The van der Waals surface area contributed by atoms with Crippen LogP contribution in [0.15, 0.2) is 36.7 Å². The zero-order valence-corrected chi connectivity index (χ0v) is 17.7. The first-order chi connectivity index (χ1) is 14.1. The van der Waals surface area contributed by atoms with Gasteiger partial charge in [-0.25, -0.2) is 9.97 Å². The van der Waals surface area contributed by atoms with Crippen molar-refractivity contribution in [3.05, 3.63) is 36.7 Å². The number of benzene rings is 1. The van der Waals surface area contributed by atoms with Gasteiger partial charge in [0.2, 0.25) is 0 Å². The first-order valence-electron chi connectivity index (χ1n) is 10.5. The molecule has 1 aromatic heterocycles. The van der Waals surface area contributed by atoms with Crippen LogP contribution in [0, 0.1) is 5.92 Å². The van der Waals surface area contributed by atoms with Crippen LogP contribution >= 0.6 is 0 Å². The van der Waals surface area contributed by atoms with Crippen LogP contribution in [0.3, 0.4) is 0 Å². The lowest BCUT2D eigenvalue weighted by Gasteiger charge is -2.09. The molecule has 1 heterocycles. The molecule has 2 aromatic rings. The Kier molecular flexibility index (Phi) is 10.1. The SMILES string of the molecule is CCCCCCOCCOc1cnc(-c2ccc(OC(=O)C(C)CC)cc2)nc1. The minimum absolute atomic E-state index is 0.114. The maximum Gasteiger partial charge on any atom is 0.314 e.